The van der Waals surface area contributed by atoms with Crippen LogP contribution in [-0.4, -0.2) is 30.7 Å². The average Bonchev–Trinajstić information content (AvgIpc) is 2.52. The lowest BCUT2D eigenvalue weighted by Gasteiger charge is -2.23. The molecular formula is C16H22N4O. The molecule has 21 heavy (non-hydrogen) atoms. The maximum absolute atomic E-state index is 5.53. The predicted octanol–water partition coefficient (Wildman–Crippen LogP) is 3.38. The first kappa shape index (κ1) is 15.1. The van der Waals surface area contributed by atoms with E-state index in [0.29, 0.717) is 5.75 Å². The first-order valence-electron chi connectivity index (χ1n) is 7.11. The lowest BCUT2D eigenvalue weighted by molar-refractivity contribution is 0.413. The van der Waals surface area contributed by atoms with Crippen LogP contribution in [0.4, 0.5) is 17.3 Å². The molecule has 5 heteroatoms. The molecule has 0 atom stereocenters. The van der Waals surface area contributed by atoms with Crippen LogP contribution < -0.4 is 15.0 Å². The van der Waals surface area contributed by atoms with Gasteiger partial charge in [0.15, 0.2) is 11.6 Å². The Morgan fingerprint density at radius 3 is 2.67 bits per heavy atom. The quantitative estimate of drug-likeness (QED) is 0.882. The van der Waals surface area contributed by atoms with Crippen molar-refractivity contribution in [3.05, 3.63) is 36.2 Å². The molecule has 0 saturated carbocycles. The molecule has 0 saturated heterocycles. The number of aromatic nitrogens is 2. The van der Waals surface area contributed by atoms with Crippen LogP contribution in [0.15, 0.2) is 30.6 Å². The Morgan fingerprint density at radius 1 is 1.24 bits per heavy atom. The molecule has 5 nitrogen and oxygen atoms in total. The second-order valence-electron chi connectivity index (χ2n) is 4.85. The number of hydrogen-bond acceptors (Lipinski definition) is 5. The highest BCUT2D eigenvalue weighted by atomic mass is 16.5. The monoisotopic (exact) mass is 286 g/mol. The minimum Gasteiger partial charge on any atom is -0.490 e. The van der Waals surface area contributed by atoms with Crippen molar-refractivity contribution >= 4 is 17.3 Å². The maximum Gasteiger partial charge on any atom is 0.204 e. The van der Waals surface area contributed by atoms with Gasteiger partial charge in [-0.2, -0.15) is 0 Å². The summed E-state index contributed by atoms with van der Waals surface area (Å²) in [5.41, 5.74) is 2.28. The van der Waals surface area contributed by atoms with E-state index in [4.69, 9.17) is 4.74 Å². The highest BCUT2D eigenvalue weighted by molar-refractivity contribution is 5.72. The van der Waals surface area contributed by atoms with Crippen LogP contribution >= 0.6 is 0 Å². The molecule has 112 valence electrons. The van der Waals surface area contributed by atoms with Gasteiger partial charge in [-0.05, 0) is 25.0 Å². The van der Waals surface area contributed by atoms with Gasteiger partial charge in [0.05, 0.1) is 7.11 Å². The van der Waals surface area contributed by atoms with Crippen LogP contribution in [0.1, 0.15) is 18.9 Å². The van der Waals surface area contributed by atoms with Crippen LogP contribution in [0.25, 0.3) is 0 Å². The minimum atomic E-state index is 0.664. The third-order valence-electron chi connectivity index (χ3n) is 3.33. The highest BCUT2D eigenvalue weighted by Gasteiger charge is 2.17. The lowest BCUT2D eigenvalue weighted by Crippen LogP contribution is -2.15. The first-order valence-corrected chi connectivity index (χ1v) is 7.11. The van der Waals surface area contributed by atoms with E-state index in [-0.39, 0.29) is 0 Å². The molecule has 0 bridgehead atoms. The average molecular weight is 286 g/mol. The molecule has 1 aromatic heterocycles. The number of ether oxygens (including phenoxy) is 1. The number of anilines is 3. The van der Waals surface area contributed by atoms with Crippen LogP contribution in [0.3, 0.4) is 0 Å². The Hall–Kier alpha value is -2.30. The third-order valence-corrected chi connectivity index (χ3v) is 3.33. The minimum absolute atomic E-state index is 0.664. The summed E-state index contributed by atoms with van der Waals surface area (Å²) in [6.07, 6.45) is 2.58. The third kappa shape index (κ3) is 3.24. The topological polar surface area (TPSA) is 50.3 Å². The Morgan fingerprint density at radius 2 is 2.00 bits per heavy atom. The zero-order valence-electron chi connectivity index (χ0n) is 13.1. The Labute approximate surface area is 126 Å². The van der Waals surface area contributed by atoms with Crippen LogP contribution in [0, 0.1) is 6.92 Å². The molecule has 0 aliphatic rings. The van der Waals surface area contributed by atoms with E-state index in [2.05, 4.69) is 41.3 Å². The molecule has 1 aromatic carbocycles. The highest BCUT2D eigenvalue weighted by Crippen LogP contribution is 2.35. The summed E-state index contributed by atoms with van der Waals surface area (Å²) < 4.78 is 5.53. The molecule has 0 aliphatic heterocycles. The summed E-state index contributed by atoms with van der Waals surface area (Å²) >= 11 is 0. The second kappa shape index (κ2) is 6.92. The van der Waals surface area contributed by atoms with Crippen molar-refractivity contribution in [2.24, 2.45) is 0 Å². The van der Waals surface area contributed by atoms with Gasteiger partial charge in [0.1, 0.15) is 6.33 Å². The van der Waals surface area contributed by atoms with Crippen LogP contribution in [0.5, 0.6) is 5.75 Å². The Balaban J connectivity index is 2.41. The predicted molar refractivity (Wildman–Crippen MR) is 86.6 cm³/mol. The van der Waals surface area contributed by atoms with Crippen molar-refractivity contribution in [3.8, 4) is 5.75 Å². The fraction of sp³-hybridized carbons (Fsp3) is 0.375. The van der Waals surface area contributed by atoms with Crippen molar-refractivity contribution in [2.75, 3.05) is 30.9 Å². The number of nitrogens with zero attached hydrogens (tertiary/aromatic N) is 3. The van der Waals surface area contributed by atoms with Crippen molar-refractivity contribution < 1.29 is 4.74 Å². The van der Waals surface area contributed by atoms with Gasteiger partial charge >= 0.3 is 0 Å². The standard InChI is InChI=1S/C16H22N4O/c1-5-10-17-15-14(21-4)16(19-11-18-15)20(3)13-9-7-6-8-12(13)2/h6-9,11H,5,10H2,1-4H3,(H,17,18,19). The molecule has 2 aromatic rings. The number of nitrogens with one attached hydrogen (secondary N) is 1. The van der Waals surface area contributed by atoms with E-state index in [0.717, 1.165) is 30.3 Å². The van der Waals surface area contributed by atoms with E-state index in [1.54, 1.807) is 13.4 Å². The summed E-state index contributed by atoms with van der Waals surface area (Å²) in [6, 6.07) is 8.19. The van der Waals surface area contributed by atoms with Crippen molar-refractivity contribution in [1.82, 2.24) is 9.97 Å². The molecule has 1 heterocycles. The molecular weight excluding hydrogens is 264 g/mol. The fourth-order valence-corrected chi connectivity index (χ4v) is 2.21. The zero-order valence-corrected chi connectivity index (χ0v) is 13.1. The van der Waals surface area contributed by atoms with Crippen LogP contribution in [-0.2, 0) is 0 Å². The summed E-state index contributed by atoms with van der Waals surface area (Å²) in [5, 5.41) is 3.27. The number of para-hydroxylation sites is 1. The number of methoxy groups -OCH3 is 1. The normalized spacial score (nSPS) is 10.3. The summed E-state index contributed by atoms with van der Waals surface area (Å²) in [5.74, 6) is 2.14. The Kier molecular flexibility index (Phi) is 4.98. The van der Waals surface area contributed by atoms with Gasteiger partial charge in [0, 0.05) is 19.3 Å². The molecule has 1 N–H and O–H groups in total. The number of aryl methyl sites for hydroxylation is 1. The number of hydrogen-bond donors (Lipinski definition) is 1. The lowest BCUT2D eigenvalue weighted by atomic mass is 10.2. The van der Waals surface area contributed by atoms with E-state index in [1.165, 1.54) is 5.56 Å². The van der Waals surface area contributed by atoms with Crippen molar-refractivity contribution in [1.29, 1.82) is 0 Å². The van der Waals surface area contributed by atoms with Gasteiger partial charge in [-0.3, -0.25) is 0 Å². The number of rotatable bonds is 6. The van der Waals surface area contributed by atoms with E-state index >= 15 is 0 Å². The Bertz CT molecular complexity index is 601. The van der Waals surface area contributed by atoms with E-state index < -0.39 is 0 Å². The van der Waals surface area contributed by atoms with E-state index in [9.17, 15) is 0 Å². The SMILES string of the molecule is CCCNc1ncnc(N(C)c2ccccc2C)c1OC. The molecule has 0 unspecified atom stereocenters. The maximum atomic E-state index is 5.53. The molecule has 0 fully saturated rings. The van der Waals surface area contributed by atoms with E-state index in [1.807, 2.05) is 24.1 Å². The molecule has 0 radical (unpaired) electrons. The van der Waals surface area contributed by atoms with Crippen molar-refractivity contribution in [2.45, 2.75) is 20.3 Å². The summed E-state index contributed by atoms with van der Waals surface area (Å²) in [4.78, 5) is 10.7. The number of benzene rings is 1. The smallest absolute Gasteiger partial charge is 0.204 e. The van der Waals surface area contributed by atoms with Gasteiger partial charge in [0.25, 0.3) is 0 Å². The van der Waals surface area contributed by atoms with Gasteiger partial charge in [-0.25, -0.2) is 9.97 Å². The molecule has 0 aliphatic carbocycles. The first-order chi connectivity index (χ1) is 10.2. The summed E-state index contributed by atoms with van der Waals surface area (Å²) in [7, 11) is 3.63. The molecule has 0 spiro atoms. The second-order valence-corrected chi connectivity index (χ2v) is 4.85. The summed E-state index contributed by atoms with van der Waals surface area (Å²) in [6.45, 7) is 5.04. The van der Waals surface area contributed by atoms with Gasteiger partial charge in [-0.15, -0.1) is 0 Å². The van der Waals surface area contributed by atoms with Gasteiger partial charge < -0.3 is 15.0 Å². The van der Waals surface area contributed by atoms with Crippen LogP contribution in [0.2, 0.25) is 0 Å². The molecule has 2 rings (SSSR count). The largest absolute Gasteiger partial charge is 0.490 e. The fourth-order valence-electron chi connectivity index (χ4n) is 2.21. The van der Waals surface area contributed by atoms with Crippen molar-refractivity contribution in [3.63, 3.8) is 0 Å². The molecule has 0 amide bonds. The zero-order chi connectivity index (χ0) is 15.2. The van der Waals surface area contributed by atoms with Gasteiger partial charge in [-0.1, -0.05) is 25.1 Å². The van der Waals surface area contributed by atoms with Gasteiger partial charge in [0.2, 0.25) is 5.75 Å².